The summed E-state index contributed by atoms with van der Waals surface area (Å²) in [6.45, 7) is 1.82. The second kappa shape index (κ2) is 5.92. The Morgan fingerprint density at radius 3 is 3.05 bits per heavy atom. The maximum Gasteiger partial charge on any atom is 0.244 e. The number of aromatic nitrogens is 3. The molecule has 0 unspecified atom stereocenters. The quantitative estimate of drug-likeness (QED) is 0.935. The van der Waals surface area contributed by atoms with Crippen molar-refractivity contribution in [1.82, 2.24) is 20.1 Å². The van der Waals surface area contributed by atoms with E-state index in [1.165, 1.54) is 23.4 Å². The fourth-order valence-corrected chi connectivity index (χ4v) is 1.95. The summed E-state index contributed by atoms with van der Waals surface area (Å²) >= 11 is 3.26. The molecule has 0 saturated heterocycles. The highest BCUT2D eigenvalue weighted by Gasteiger charge is 2.15. The Morgan fingerprint density at radius 2 is 2.37 bits per heavy atom. The van der Waals surface area contributed by atoms with Gasteiger partial charge in [0.25, 0.3) is 0 Å². The normalized spacial score (nSPS) is 12.2. The van der Waals surface area contributed by atoms with Gasteiger partial charge in [0, 0.05) is 16.6 Å². The van der Waals surface area contributed by atoms with E-state index < -0.39 is 6.04 Å². The molecule has 0 saturated carbocycles. The SMILES string of the molecule is C[C@@H](C(=O)NCc1cc(Br)ccc1F)n1cncn1. The van der Waals surface area contributed by atoms with Crippen LogP contribution in [0.25, 0.3) is 0 Å². The molecule has 7 heteroatoms. The van der Waals surface area contributed by atoms with Gasteiger partial charge in [0.1, 0.15) is 24.5 Å². The third kappa shape index (κ3) is 3.37. The van der Waals surface area contributed by atoms with Crippen molar-refractivity contribution in [3.8, 4) is 0 Å². The lowest BCUT2D eigenvalue weighted by molar-refractivity contribution is -0.124. The molecule has 0 bridgehead atoms. The van der Waals surface area contributed by atoms with E-state index >= 15 is 0 Å². The van der Waals surface area contributed by atoms with Crippen LogP contribution in [-0.2, 0) is 11.3 Å². The number of halogens is 2. The molecule has 0 radical (unpaired) electrons. The van der Waals surface area contributed by atoms with Crippen molar-refractivity contribution in [3.05, 3.63) is 46.7 Å². The highest BCUT2D eigenvalue weighted by Crippen LogP contribution is 2.15. The average molecular weight is 327 g/mol. The molecule has 1 amide bonds. The fraction of sp³-hybridized carbons (Fsp3) is 0.250. The van der Waals surface area contributed by atoms with E-state index in [0.29, 0.717) is 5.56 Å². The molecule has 1 aromatic heterocycles. The van der Waals surface area contributed by atoms with Crippen molar-refractivity contribution >= 4 is 21.8 Å². The van der Waals surface area contributed by atoms with Crippen LogP contribution in [0.15, 0.2) is 35.3 Å². The number of rotatable bonds is 4. The molecule has 0 spiro atoms. The minimum atomic E-state index is -0.488. The van der Waals surface area contributed by atoms with Crippen LogP contribution in [0.4, 0.5) is 4.39 Å². The van der Waals surface area contributed by atoms with E-state index in [-0.39, 0.29) is 18.3 Å². The summed E-state index contributed by atoms with van der Waals surface area (Å²) in [4.78, 5) is 15.7. The molecular weight excluding hydrogens is 315 g/mol. The van der Waals surface area contributed by atoms with Gasteiger partial charge in [0.2, 0.25) is 5.91 Å². The van der Waals surface area contributed by atoms with E-state index in [0.717, 1.165) is 4.47 Å². The first-order valence-electron chi connectivity index (χ1n) is 5.63. The van der Waals surface area contributed by atoms with Gasteiger partial charge >= 0.3 is 0 Å². The molecule has 0 aliphatic carbocycles. The summed E-state index contributed by atoms with van der Waals surface area (Å²) in [5.41, 5.74) is 0.425. The van der Waals surface area contributed by atoms with Crippen molar-refractivity contribution in [2.45, 2.75) is 19.5 Å². The Bertz CT molecular complexity index is 573. The molecule has 100 valence electrons. The Balaban J connectivity index is 1.99. The first kappa shape index (κ1) is 13.7. The van der Waals surface area contributed by atoms with Crippen molar-refractivity contribution in [2.75, 3.05) is 0 Å². The lowest BCUT2D eigenvalue weighted by Crippen LogP contribution is -2.31. The van der Waals surface area contributed by atoms with Gasteiger partial charge in [-0.2, -0.15) is 5.10 Å². The van der Waals surface area contributed by atoms with Crippen molar-refractivity contribution in [1.29, 1.82) is 0 Å². The monoisotopic (exact) mass is 326 g/mol. The molecule has 1 aromatic carbocycles. The van der Waals surface area contributed by atoms with Crippen LogP contribution < -0.4 is 5.32 Å². The molecule has 5 nitrogen and oxygen atoms in total. The number of carbonyl (C=O) groups is 1. The van der Waals surface area contributed by atoms with E-state index in [1.54, 1.807) is 19.1 Å². The van der Waals surface area contributed by atoms with E-state index in [4.69, 9.17) is 0 Å². The van der Waals surface area contributed by atoms with Gasteiger partial charge in [0.15, 0.2) is 0 Å². The van der Waals surface area contributed by atoms with Gasteiger partial charge in [-0.1, -0.05) is 15.9 Å². The van der Waals surface area contributed by atoms with Gasteiger partial charge in [-0.05, 0) is 25.1 Å². The van der Waals surface area contributed by atoms with E-state index in [2.05, 4.69) is 31.3 Å². The van der Waals surface area contributed by atoms with Gasteiger partial charge in [0.05, 0.1) is 0 Å². The number of carbonyl (C=O) groups excluding carboxylic acids is 1. The van der Waals surface area contributed by atoms with Crippen molar-refractivity contribution in [3.63, 3.8) is 0 Å². The molecule has 1 heterocycles. The Kier molecular flexibility index (Phi) is 4.26. The maximum atomic E-state index is 13.5. The summed E-state index contributed by atoms with van der Waals surface area (Å²) in [5.74, 6) is -0.596. The fourth-order valence-electron chi connectivity index (χ4n) is 1.55. The van der Waals surface area contributed by atoms with Gasteiger partial charge in [-0.25, -0.2) is 14.1 Å². The number of nitrogens with one attached hydrogen (secondary N) is 1. The number of amides is 1. The topological polar surface area (TPSA) is 59.8 Å². The number of hydrogen-bond acceptors (Lipinski definition) is 3. The summed E-state index contributed by atoms with van der Waals surface area (Å²) < 4.78 is 15.7. The Morgan fingerprint density at radius 1 is 1.58 bits per heavy atom. The van der Waals surface area contributed by atoms with Crippen LogP contribution in [0.5, 0.6) is 0 Å². The average Bonchev–Trinajstić information content (AvgIpc) is 2.92. The van der Waals surface area contributed by atoms with Crippen LogP contribution in [0.2, 0.25) is 0 Å². The standard InChI is InChI=1S/C12H12BrFN4O/c1-8(18-7-15-6-17-18)12(19)16-5-9-4-10(13)2-3-11(9)14/h2-4,6-8H,5H2,1H3,(H,16,19)/t8-/m0/s1. The number of nitrogens with zero attached hydrogens (tertiary/aromatic N) is 3. The largest absolute Gasteiger partial charge is 0.350 e. The molecule has 0 aliphatic rings. The van der Waals surface area contributed by atoms with Gasteiger partial charge < -0.3 is 5.32 Å². The second-order valence-electron chi connectivity index (χ2n) is 4.01. The number of benzene rings is 1. The second-order valence-corrected chi connectivity index (χ2v) is 4.92. The van der Waals surface area contributed by atoms with Crippen LogP contribution in [0.1, 0.15) is 18.5 Å². The third-order valence-corrected chi connectivity index (χ3v) is 3.17. The molecular formula is C12H12BrFN4O. The number of hydrogen-bond donors (Lipinski definition) is 1. The molecule has 19 heavy (non-hydrogen) atoms. The molecule has 1 N–H and O–H groups in total. The highest BCUT2D eigenvalue weighted by molar-refractivity contribution is 9.10. The highest BCUT2D eigenvalue weighted by atomic mass is 79.9. The third-order valence-electron chi connectivity index (χ3n) is 2.67. The van der Waals surface area contributed by atoms with Crippen molar-refractivity contribution in [2.24, 2.45) is 0 Å². The summed E-state index contributed by atoms with van der Waals surface area (Å²) in [6, 6.07) is 4.11. The minimum absolute atomic E-state index is 0.128. The molecule has 1 atom stereocenters. The molecule has 0 fully saturated rings. The maximum absolute atomic E-state index is 13.5. The van der Waals surface area contributed by atoms with E-state index in [9.17, 15) is 9.18 Å². The molecule has 2 rings (SSSR count). The molecule has 0 aliphatic heterocycles. The van der Waals surface area contributed by atoms with Gasteiger partial charge in [-0.3, -0.25) is 4.79 Å². The van der Waals surface area contributed by atoms with E-state index in [1.807, 2.05) is 0 Å². The Hall–Kier alpha value is -1.76. The van der Waals surface area contributed by atoms with Crippen LogP contribution in [-0.4, -0.2) is 20.7 Å². The zero-order valence-corrected chi connectivity index (χ0v) is 11.8. The van der Waals surface area contributed by atoms with Crippen LogP contribution in [0.3, 0.4) is 0 Å². The Labute approximate surface area is 118 Å². The smallest absolute Gasteiger partial charge is 0.244 e. The predicted octanol–water partition coefficient (Wildman–Crippen LogP) is 2.06. The lowest BCUT2D eigenvalue weighted by Gasteiger charge is -2.12. The first-order valence-corrected chi connectivity index (χ1v) is 6.43. The lowest BCUT2D eigenvalue weighted by atomic mass is 10.2. The zero-order chi connectivity index (χ0) is 13.8. The summed E-state index contributed by atoms with van der Waals surface area (Å²) in [5, 5.41) is 6.55. The van der Waals surface area contributed by atoms with Crippen LogP contribution in [0, 0.1) is 5.82 Å². The molecule has 2 aromatic rings. The summed E-state index contributed by atoms with van der Waals surface area (Å²) in [6.07, 6.45) is 2.82. The van der Waals surface area contributed by atoms with Crippen molar-refractivity contribution < 1.29 is 9.18 Å². The minimum Gasteiger partial charge on any atom is -0.350 e. The zero-order valence-electron chi connectivity index (χ0n) is 10.2. The van der Waals surface area contributed by atoms with Gasteiger partial charge in [-0.15, -0.1) is 0 Å². The predicted molar refractivity (Wildman–Crippen MR) is 70.7 cm³/mol. The van der Waals surface area contributed by atoms with Crippen LogP contribution >= 0.6 is 15.9 Å². The first-order chi connectivity index (χ1) is 9.08. The summed E-state index contributed by atoms with van der Waals surface area (Å²) in [7, 11) is 0.